The third kappa shape index (κ3) is 6.02. The Morgan fingerprint density at radius 2 is 0.750 bits per heavy atom. The second-order valence-electron chi connectivity index (χ2n) is 22.3. The zero-order valence-corrected chi connectivity index (χ0v) is 45.0. The Morgan fingerprint density at radius 3 is 1.31 bits per heavy atom. The molecule has 1 aliphatic carbocycles. The van der Waals surface area contributed by atoms with Crippen molar-refractivity contribution in [2.45, 2.75) is 5.41 Å². The van der Waals surface area contributed by atoms with Crippen molar-refractivity contribution in [3.8, 4) is 57.0 Å². The first-order valence-electron chi connectivity index (χ1n) is 28.6. The number of para-hydroxylation sites is 7. The second-order valence-corrected chi connectivity index (χ2v) is 22.3. The van der Waals surface area contributed by atoms with Crippen LogP contribution in [0, 0.1) is 0 Å². The van der Waals surface area contributed by atoms with Crippen LogP contribution in [-0.2, 0) is 5.41 Å². The maximum Gasteiger partial charge on any atom is 0.140 e. The van der Waals surface area contributed by atoms with Crippen LogP contribution in [0.5, 0.6) is 11.5 Å². The van der Waals surface area contributed by atoms with Gasteiger partial charge in [0.15, 0.2) is 0 Å². The maximum atomic E-state index is 7.36. The van der Waals surface area contributed by atoms with Crippen molar-refractivity contribution < 1.29 is 4.74 Å². The maximum absolute atomic E-state index is 7.36. The molecule has 2 aliphatic rings. The van der Waals surface area contributed by atoms with Gasteiger partial charge in [0.25, 0.3) is 0 Å². The highest BCUT2D eigenvalue weighted by Gasteiger charge is 2.53. The number of fused-ring (bicyclic) bond motifs is 21. The average Bonchev–Trinajstić information content (AvgIpc) is 2.37. The second kappa shape index (κ2) is 16.9. The van der Waals surface area contributed by atoms with E-state index in [1.807, 2.05) is 12.4 Å². The third-order valence-corrected chi connectivity index (χ3v) is 18.1. The van der Waals surface area contributed by atoms with E-state index in [9.17, 15) is 0 Å². The SMILES string of the molecule is c1cc(-n2c3ccccc3c3ccccc32)nc(-n2c3ccccc3c3cc(-c4ccc5c(c4)C4(c6ccc(-n7c8ccccc8c8ccccc87)cc6O5)c5cccnc5-c5ncc(-n6c7ccccc7c7ccccc76)cc54)ccc32)c1. The molecule has 0 fully saturated rings. The van der Waals surface area contributed by atoms with Crippen molar-refractivity contribution in [2.75, 3.05) is 0 Å². The van der Waals surface area contributed by atoms with Crippen LogP contribution in [0.3, 0.4) is 0 Å². The molecule has 0 N–H and O–H groups in total. The molecule has 1 aliphatic heterocycles. The number of nitrogens with zero attached hydrogens (tertiary/aromatic N) is 7. The van der Waals surface area contributed by atoms with Crippen molar-refractivity contribution in [3.05, 3.63) is 296 Å². The predicted octanol–water partition coefficient (Wildman–Crippen LogP) is 18.4. The Morgan fingerprint density at radius 1 is 0.286 bits per heavy atom. The average molecular weight is 1070 g/mol. The zero-order chi connectivity index (χ0) is 54.8. The highest BCUT2D eigenvalue weighted by atomic mass is 16.5. The molecule has 390 valence electrons. The number of aromatic nitrogens is 7. The van der Waals surface area contributed by atoms with Crippen molar-refractivity contribution in [3.63, 3.8) is 0 Å². The molecule has 0 radical (unpaired) electrons. The van der Waals surface area contributed by atoms with Gasteiger partial charge in [-0.1, -0.05) is 158 Å². The van der Waals surface area contributed by atoms with Gasteiger partial charge in [-0.3, -0.25) is 19.1 Å². The molecule has 1 unspecified atom stereocenters. The Labute approximate surface area is 480 Å². The quantitative estimate of drug-likeness (QED) is 0.172. The fourth-order valence-corrected chi connectivity index (χ4v) is 14.7. The summed E-state index contributed by atoms with van der Waals surface area (Å²) in [5, 5.41) is 9.51. The van der Waals surface area contributed by atoms with Gasteiger partial charge in [-0.2, -0.15) is 0 Å². The summed E-state index contributed by atoms with van der Waals surface area (Å²) < 4.78 is 16.7. The monoisotopic (exact) mass is 1070 g/mol. The lowest BCUT2D eigenvalue weighted by Crippen LogP contribution is -2.32. The van der Waals surface area contributed by atoms with Gasteiger partial charge in [-0.25, -0.2) is 4.98 Å². The Bertz CT molecular complexity index is 5540. The Hall–Kier alpha value is -11.4. The summed E-state index contributed by atoms with van der Waals surface area (Å²) >= 11 is 0. The van der Waals surface area contributed by atoms with Gasteiger partial charge in [0, 0.05) is 77.7 Å². The van der Waals surface area contributed by atoms with E-state index in [0.717, 1.165) is 134 Å². The standard InChI is InChI=1S/C76H45N7O/c1-8-25-62-50(17-1)51-18-2-9-26-63(51)80(62)48-36-37-58-71(44-48)84-70-39-35-47(42-60(70)76(58)59-24-16-40-77-74(59)75-61(76)43-49(45-78-75)81-64-27-10-3-19-52(64)53-20-4-11-28-65(53)81)46-34-38-69-57(41-46)56-23-7-14-31-68(56)83(69)73-33-15-32-72(79-73)82-66-29-12-5-21-54(66)55-22-6-13-30-67(55)82/h1-45H. The smallest absolute Gasteiger partial charge is 0.140 e. The fourth-order valence-electron chi connectivity index (χ4n) is 14.7. The summed E-state index contributed by atoms with van der Waals surface area (Å²) in [4.78, 5) is 16.2. The highest BCUT2D eigenvalue weighted by Crippen LogP contribution is 2.62. The topological polar surface area (TPSA) is 67.6 Å². The van der Waals surface area contributed by atoms with Crippen LogP contribution in [0.1, 0.15) is 22.3 Å². The molecular formula is C76H45N7O. The number of hydrogen-bond donors (Lipinski definition) is 0. The van der Waals surface area contributed by atoms with Crippen LogP contribution in [0.4, 0.5) is 0 Å². The molecule has 0 bridgehead atoms. The number of pyridine rings is 3. The van der Waals surface area contributed by atoms with E-state index in [4.69, 9.17) is 19.7 Å². The Kier molecular flexibility index (Phi) is 9.11. The molecule has 8 nitrogen and oxygen atoms in total. The molecule has 84 heavy (non-hydrogen) atoms. The molecule has 7 aromatic heterocycles. The first-order valence-corrected chi connectivity index (χ1v) is 28.6. The van der Waals surface area contributed by atoms with Crippen LogP contribution in [0.15, 0.2) is 273 Å². The molecule has 19 rings (SSSR count). The van der Waals surface area contributed by atoms with Crippen molar-refractivity contribution in [1.29, 1.82) is 0 Å². The Balaban J connectivity index is 0.827. The minimum atomic E-state index is -0.897. The molecule has 8 heterocycles. The van der Waals surface area contributed by atoms with E-state index in [-0.39, 0.29) is 0 Å². The van der Waals surface area contributed by atoms with Gasteiger partial charge in [0.1, 0.15) is 23.1 Å². The molecule has 17 aromatic rings. The number of ether oxygens (including phenoxy) is 1. The number of hydrogen-bond acceptors (Lipinski definition) is 4. The van der Waals surface area contributed by atoms with E-state index in [1.54, 1.807) is 0 Å². The van der Waals surface area contributed by atoms with Crippen LogP contribution >= 0.6 is 0 Å². The van der Waals surface area contributed by atoms with E-state index in [2.05, 4.69) is 279 Å². The molecule has 0 amide bonds. The predicted molar refractivity (Wildman–Crippen MR) is 340 cm³/mol. The molecular weight excluding hydrogens is 1030 g/mol. The zero-order valence-electron chi connectivity index (χ0n) is 45.0. The summed E-state index contributed by atoms with van der Waals surface area (Å²) in [6, 6.07) is 94.1. The van der Waals surface area contributed by atoms with Gasteiger partial charge in [0.05, 0.1) is 72.8 Å². The van der Waals surface area contributed by atoms with Crippen LogP contribution in [0.25, 0.3) is 133 Å². The van der Waals surface area contributed by atoms with Gasteiger partial charge >= 0.3 is 0 Å². The van der Waals surface area contributed by atoms with Crippen molar-refractivity contribution >= 4 is 87.2 Å². The van der Waals surface area contributed by atoms with E-state index in [1.165, 1.54) is 32.3 Å². The van der Waals surface area contributed by atoms with E-state index in [0.29, 0.717) is 0 Å². The minimum Gasteiger partial charge on any atom is -0.457 e. The molecule has 10 aromatic carbocycles. The van der Waals surface area contributed by atoms with Crippen molar-refractivity contribution in [1.82, 2.24) is 33.2 Å². The number of rotatable bonds is 5. The summed E-state index contributed by atoms with van der Waals surface area (Å²) in [5.74, 6) is 3.28. The summed E-state index contributed by atoms with van der Waals surface area (Å²) in [5.41, 5.74) is 18.1. The minimum absolute atomic E-state index is 0.780. The number of benzene rings is 10. The van der Waals surface area contributed by atoms with Gasteiger partial charge in [-0.15, -0.1) is 0 Å². The highest BCUT2D eigenvalue weighted by molar-refractivity contribution is 6.13. The first-order chi connectivity index (χ1) is 41.7. The van der Waals surface area contributed by atoms with E-state index >= 15 is 0 Å². The summed E-state index contributed by atoms with van der Waals surface area (Å²) in [6.07, 6.45) is 3.93. The lowest BCUT2D eigenvalue weighted by atomic mass is 9.66. The first kappa shape index (κ1) is 45.4. The largest absolute Gasteiger partial charge is 0.457 e. The normalized spacial score (nSPS) is 14.3. The molecule has 1 atom stereocenters. The van der Waals surface area contributed by atoms with Crippen molar-refractivity contribution in [2.24, 2.45) is 0 Å². The lowest BCUT2D eigenvalue weighted by Gasteiger charge is -2.39. The summed E-state index contributed by atoms with van der Waals surface area (Å²) in [6.45, 7) is 0. The van der Waals surface area contributed by atoms with E-state index < -0.39 is 5.41 Å². The van der Waals surface area contributed by atoms with Crippen LogP contribution < -0.4 is 4.74 Å². The van der Waals surface area contributed by atoms with Crippen LogP contribution in [0.2, 0.25) is 0 Å². The van der Waals surface area contributed by atoms with Gasteiger partial charge in [0.2, 0.25) is 0 Å². The van der Waals surface area contributed by atoms with Gasteiger partial charge < -0.3 is 13.9 Å². The molecule has 8 heteroatoms. The van der Waals surface area contributed by atoms with Gasteiger partial charge in [-0.05, 0) is 114 Å². The molecule has 0 saturated heterocycles. The third-order valence-electron chi connectivity index (χ3n) is 18.1. The molecule has 0 saturated carbocycles. The fraction of sp³-hybridized carbons (Fsp3) is 0.0132. The van der Waals surface area contributed by atoms with Crippen LogP contribution in [-0.4, -0.2) is 33.2 Å². The summed E-state index contributed by atoms with van der Waals surface area (Å²) in [7, 11) is 0. The lowest BCUT2D eigenvalue weighted by molar-refractivity contribution is 0.436. The molecule has 1 spiro atoms.